The molecule has 2 aromatic carbocycles. The highest BCUT2D eigenvalue weighted by molar-refractivity contribution is 6.30. The van der Waals surface area contributed by atoms with E-state index in [0.717, 1.165) is 61.7 Å². The summed E-state index contributed by atoms with van der Waals surface area (Å²) in [4.78, 5) is 2.38. The van der Waals surface area contributed by atoms with Crippen LogP contribution in [0.2, 0.25) is 5.02 Å². The van der Waals surface area contributed by atoms with E-state index in [1.165, 1.54) is 5.56 Å². The Hall–Kier alpha value is -1.39. The minimum atomic E-state index is -0.904. The van der Waals surface area contributed by atoms with Gasteiger partial charge < -0.3 is 14.7 Å². The van der Waals surface area contributed by atoms with E-state index in [-0.39, 0.29) is 12.0 Å². The van der Waals surface area contributed by atoms with Crippen molar-refractivity contribution in [3.8, 4) is 0 Å². The predicted molar refractivity (Wildman–Crippen MR) is 125 cm³/mol. The second kappa shape index (κ2) is 10.8. The van der Waals surface area contributed by atoms with Gasteiger partial charge in [-0.05, 0) is 68.5 Å². The summed E-state index contributed by atoms with van der Waals surface area (Å²) in [7, 11) is 0. The van der Waals surface area contributed by atoms with Gasteiger partial charge in [0, 0.05) is 18.0 Å². The van der Waals surface area contributed by atoms with Crippen LogP contribution in [0.15, 0.2) is 48.5 Å². The molecule has 0 heterocycles. The van der Waals surface area contributed by atoms with Crippen molar-refractivity contribution in [2.24, 2.45) is 5.92 Å². The molecule has 1 N–H and O–H groups in total. The molecule has 0 radical (unpaired) electrons. The Morgan fingerprint density at radius 3 is 2.33 bits per heavy atom. The molecular weight excluding hydrogens is 394 g/mol. The van der Waals surface area contributed by atoms with E-state index in [4.69, 9.17) is 16.3 Å². The Balaban J connectivity index is 1.72. The van der Waals surface area contributed by atoms with Crippen molar-refractivity contribution in [2.45, 2.75) is 58.2 Å². The van der Waals surface area contributed by atoms with Gasteiger partial charge in [0.25, 0.3) is 0 Å². The normalized spacial score (nSPS) is 21.1. The molecule has 3 atom stereocenters. The number of aryl methyl sites for hydroxylation is 1. The molecule has 0 aliphatic heterocycles. The monoisotopic (exact) mass is 429 g/mol. The molecule has 4 heteroatoms. The molecule has 0 spiro atoms. The SMILES string of the molecule is CCN(CC)CCOC1CCC(C(O)(Cc2ccc(Cl)cc2)c2ccc(C)cc2)C1. The first kappa shape index (κ1) is 23.3. The lowest BCUT2D eigenvalue weighted by molar-refractivity contribution is -0.0322. The third-order valence-corrected chi connectivity index (χ3v) is 6.91. The maximum absolute atomic E-state index is 12.0. The minimum Gasteiger partial charge on any atom is -0.385 e. The first-order valence-electron chi connectivity index (χ1n) is 11.3. The molecule has 0 amide bonds. The average molecular weight is 430 g/mol. The minimum absolute atomic E-state index is 0.175. The first-order chi connectivity index (χ1) is 14.4. The van der Waals surface area contributed by atoms with Crippen LogP contribution in [0, 0.1) is 12.8 Å². The van der Waals surface area contributed by atoms with Gasteiger partial charge in [0.2, 0.25) is 0 Å². The predicted octanol–water partition coefficient (Wildman–Crippen LogP) is 5.61. The van der Waals surface area contributed by atoms with E-state index >= 15 is 0 Å². The van der Waals surface area contributed by atoms with Crippen molar-refractivity contribution in [1.29, 1.82) is 0 Å². The molecular formula is C26H36ClNO2. The fourth-order valence-electron chi connectivity index (χ4n) is 4.65. The maximum atomic E-state index is 12.0. The number of hydrogen-bond acceptors (Lipinski definition) is 3. The van der Waals surface area contributed by atoms with Gasteiger partial charge in [-0.25, -0.2) is 0 Å². The van der Waals surface area contributed by atoms with Crippen LogP contribution < -0.4 is 0 Å². The molecule has 3 unspecified atom stereocenters. The van der Waals surface area contributed by atoms with Crippen LogP contribution >= 0.6 is 11.6 Å². The maximum Gasteiger partial charge on any atom is 0.0965 e. The van der Waals surface area contributed by atoms with Crippen molar-refractivity contribution < 1.29 is 9.84 Å². The molecule has 1 saturated carbocycles. The van der Waals surface area contributed by atoms with Crippen molar-refractivity contribution in [3.63, 3.8) is 0 Å². The topological polar surface area (TPSA) is 32.7 Å². The summed E-state index contributed by atoms with van der Waals surface area (Å²) in [6.45, 7) is 10.3. The fourth-order valence-corrected chi connectivity index (χ4v) is 4.78. The lowest BCUT2D eigenvalue weighted by Crippen LogP contribution is -2.37. The number of ether oxygens (including phenoxy) is 1. The number of aliphatic hydroxyl groups is 1. The smallest absolute Gasteiger partial charge is 0.0965 e. The molecule has 164 valence electrons. The van der Waals surface area contributed by atoms with Crippen LogP contribution in [0.1, 0.15) is 49.8 Å². The van der Waals surface area contributed by atoms with Gasteiger partial charge in [-0.3, -0.25) is 0 Å². The molecule has 2 aromatic rings. The highest BCUT2D eigenvalue weighted by Gasteiger charge is 2.43. The van der Waals surface area contributed by atoms with E-state index in [1.54, 1.807) is 0 Å². The Labute approximate surface area is 187 Å². The number of nitrogens with zero attached hydrogens (tertiary/aromatic N) is 1. The van der Waals surface area contributed by atoms with Crippen LogP contribution in [0.25, 0.3) is 0 Å². The van der Waals surface area contributed by atoms with E-state index in [1.807, 2.05) is 24.3 Å². The standard InChI is InChI=1S/C26H36ClNO2/c1-4-28(5-2)16-17-30-25-15-12-23(18-25)26(29,22-10-6-20(3)7-11-22)19-21-8-13-24(27)14-9-21/h6-11,13-14,23,25,29H,4-5,12,15-19H2,1-3H3. The third kappa shape index (κ3) is 5.85. The summed E-state index contributed by atoms with van der Waals surface area (Å²) in [5.74, 6) is 0.175. The quantitative estimate of drug-likeness (QED) is 0.533. The Bertz CT molecular complexity index is 773. The zero-order valence-electron chi connectivity index (χ0n) is 18.6. The van der Waals surface area contributed by atoms with E-state index in [9.17, 15) is 5.11 Å². The molecule has 30 heavy (non-hydrogen) atoms. The fraction of sp³-hybridized carbons (Fsp3) is 0.538. The van der Waals surface area contributed by atoms with Gasteiger partial charge in [-0.2, -0.15) is 0 Å². The largest absolute Gasteiger partial charge is 0.385 e. The summed E-state index contributed by atoms with van der Waals surface area (Å²) in [5.41, 5.74) is 2.40. The number of benzene rings is 2. The molecule has 0 bridgehead atoms. The van der Waals surface area contributed by atoms with Crippen LogP contribution in [-0.4, -0.2) is 42.4 Å². The molecule has 3 nitrogen and oxygen atoms in total. The summed E-state index contributed by atoms with van der Waals surface area (Å²) < 4.78 is 6.21. The van der Waals surface area contributed by atoms with Crippen LogP contribution in [0.4, 0.5) is 0 Å². The van der Waals surface area contributed by atoms with E-state index in [0.29, 0.717) is 6.42 Å². The van der Waals surface area contributed by atoms with Gasteiger partial charge >= 0.3 is 0 Å². The second-order valence-corrected chi connectivity index (χ2v) is 9.06. The number of rotatable bonds is 10. The summed E-state index contributed by atoms with van der Waals surface area (Å²) in [5, 5.41) is 12.7. The van der Waals surface area contributed by atoms with Gasteiger partial charge in [0.15, 0.2) is 0 Å². The van der Waals surface area contributed by atoms with E-state index in [2.05, 4.69) is 49.9 Å². The number of halogens is 1. The molecule has 1 aliphatic carbocycles. The second-order valence-electron chi connectivity index (χ2n) is 8.62. The molecule has 0 saturated heterocycles. The third-order valence-electron chi connectivity index (χ3n) is 6.65. The van der Waals surface area contributed by atoms with Crippen molar-refractivity contribution in [1.82, 2.24) is 4.90 Å². The number of likely N-dealkylation sites (N-methyl/N-ethyl adjacent to an activating group) is 1. The lowest BCUT2D eigenvalue weighted by Gasteiger charge is -2.35. The highest BCUT2D eigenvalue weighted by atomic mass is 35.5. The Morgan fingerprint density at radius 2 is 1.70 bits per heavy atom. The van der Waals surface area contributed by atoms with Crippen molar-refractivity contribution in [2.75, 3.05) is 26.2 Å². The summed E-state index contributed by atoms with van der Waals surface area (Å²) >= 11 is 6.07. The van der Waals surface area contributed by atoms with Crippen LogP contribution in [0.3, 0.4) is 0 Å². The van der Waals surface area contributed by atoms with Crippen LogP contribution in [0.5, 0.6) is 0 Å². The van der Waals surface area contributed by atoms with Crippen molar-refractivity contribution >= 4 is 11.6 Å². The van der Waals surface area contributed by atoms with Gasteiger partial charge in [-0.15, -0.1) is 0 Å². The molecule has 1 fully saturated rings. The Kier molecular flexibility index (Phi) is 8.35. The van der Waals surface area contributed by atoms with Gasteiger partial charge in [0.1, 0.15) is 0 Å². The van der Waals surface area contributed by atoms with Crippen LogP contribution in [-0.2, 0) is 16.8 Å². The summed E-state index contributed by atoms with van der Waals surface area (Å²) in [6.07, 6.45) is 3.71. The van der Waals surface area contributed by atoms with E-state index < -0.39 is 5.60 Å². The Morgan fingerprint density at radius 1 is 1.03 bits per heavy atom. The first-order valence-corrected chi connectivity index (χ1v) is 11.7. The number of hydrogen-bond donors (Lipinski definition) is 1. The zero-order valence-corrected chi connectivity index (χ0v) is 19.4. The molecule has 0 aromatic heterocycles. The molecule has 1 aliphatic rings. The zero-order chi connectivity index (χ0) is 21.6. The average Bonchev–Trinajstić information content (AvgIpc) is 3.23. The summed E-state index contributed by atoms with van der Waals surface area (Å²) in [6, 6.07) is 16.2. The van der Waals surface area contributed by atoms with Gasteiger partial charge in [0.05, 0.1) is 18.3 Å². The molecule has 3 rings (SSSR count). The van der Waals surface area contributed by atoms with Crippen molar-refractivity contribution in [3.05, 3.63) is 70.2 Å². The van der Waals surface area contributed by atoms with Gasteiger partial charge in [-0.1, -0.05) is 67.4 Å². The lowest BCUT2D eigenvalue weighted by atomic mass is 9.76. The highest BCUT2D eigenvalue weighted by Crippen LogP contribution is 2.43.